The number of sulfonamides is 1. The molecule has 11 heteroatoms. The highest BCUT2D eigenvalue weighted by atomic mass is 32.2. The maximum Gasteiger partial charge on any atom is 0.332 e. The fraction of sp³-hybridized carbons (Fsp3) is 0.240. The smallest absolute Gasteiger partial charge is 0.332 e. The molecular weight excluding hydrogens is 484 g/mol. The van der Waals surface area contributed by atoms with Gasteiger partial charge in [-0.05, 0) is 35.2 Å². The number of benzene rings is 2. The minimum Gasteiger partial charge on any atom is -0.496 e. The van der Waals surface area contributed by atoms with E-state index in [-0.39, 0.29) is 5.41 Å². The predicted molar refractivity (Wildman–Crippen MR) is 141 cm³/mol. The molecule has 10 nitrogen and oxygen atoms in total. The van der Waals surface area contributed by atoms with E-state index in [9.17, 15) is 18.0 Å². The Hall–Kier alpha value is -4.12. The number of nitrogens with one attached hydrogen (secondary N) is 2. The van der Waals surface area contributed by atoms with Crippen LogP contribution in [0, 0.1) is 0 Å². The maximum atomic E-state index is 12.5. The van der Waals surface area contributed by atoms with Crippen molar-refractivity contribution in [2.24, 2.45) is 5.16 Å². The monoisotopic (exact) mass is 512 g/mol. The number of hydrogen-bond donors (Lipinski definition) is 3. The third kappa shape index (κ3) is 6.30. The van der Waals surface area contributed by atoms with Crippen LogP contribution in [0.1, 0.15) is 43.0 Å². The van der Waals surface area contributed by atoms with Gasteiger partial charge in [-0.15, -0.1) is 0 Å². The van der Waals surface area contributed by atoms with Crippen LogP contribution in [0.5, 0.6) is 5.75 Å². The summed E-state index contributed by atoms with van der Waals surface area (Å²) in [7, 11) is -1.92. The Bertz CT molecular complexity index is 1560. The van der Waals surface area contributed by atoms with E-state index < -0.39 is 21.3 Å². The molecule has 0 spiro atoms. The molecule has 3 rings (SSSR count). The quantitative estimate of drug-likeness (QED) is 0.192. The van der Waals surface area contributed by atoms with E-state index in [4.69, 9.17) is 9.94 Å². The SMILES string of the molecule is COc1c(/C=C/c2ccc(NS(C)(=O)=O)cc2C=NO)cc(-n2ccc(=O)[nH]c2=O)cc1C(C)(C)C. The van der Waals surface area contributed by atoms with Crippen molar-refractivity contribution in [3.63, 3.8) is 0 Å². The van der Waals surface area contributed by atoms with Crippen LogP contribution in [0.25, 0.3) is 17.8 Å². The molecule has 0 unspecified atom stereocenters. The van der Waals surface area contributed by atoms with Gasteiger partial charge in [-0.2, -0.15) is 0 Å². The normalized spacial score (nSPS) is 12.4. The second kappa shape index (κ2) is 10.2. The number of H-pyrrole nitrogens is 1. The number of oxime groups is 1. The van der Waals surface area contributed by atoms with Crippen LogP contribution < -0.4 is 20.7 Å². The lowest BCUT2D eigenvalue weighted by atomic mass is 9.84. The van der Waals surface area contributed by atoms with Crippen LogP contribution >= 0.6 is 0 Å². The van der Waals surface area contributed by atoms with Crippen molar-refractivity contribution < 1.29 is 18.4 Å². The number of hydrogen-bond acceptors (Lipinski definition) is 7. The second-order valence-electron chi connectivity index (χ2n) is 9.14. The average Bonchev–Trinajstić information content (AvgIpc) is 2.76. The topological polar surface area (TPSA) is 143 Å². The Balaban J connectivity index is 2.19. The molecule has 190 valence electrons. The first-order valence-electron chi connectivity index (χ1n) is 10.8. The fourth-order valence-corrected chi connectivity index (χ4v) is 4.22. The van der Waals surface area contributed by atoms with Crippen LogP contribution in [0.2, 0.25) is 0 Å². The van der Waals surface area contributed by atoms with Gasteiger partial charge in [0.15, 0.2) is 0 Å². The first kappa shape index (κ1) is 26.5. The molecule has 0 atom stereocenters. The van der Waals surface area contributed by atoms with E-state index in [1.54, 1.807) is 37.5 Å². The van der Waals surface area contributed by atoms with Gasteiger partial charge in [0, 0.05) is 34.6 Å². The van der Waals surface area contributed by atoms with Gasteiger partial charge < -0.3 is 9.94 Å². The number of anilines is 1. The number of nitrogens with zero attached hydrogens (tertiary/aromatic N) is 2. The molecule has 0 fully saturated rings. The van der Waals surface area contributed by atoms with Gasteiger partial charge in [0.2, 0.25) is 10.0 Å². The summed E-state index contributed by atoms with van der Waals surface area (Å²) in [5.74, 6) is 0.604. The zero-order chi connectivity index (χ0) is 26.7. The van der Waals surface area contributed by atoms with Gasteiger partial charge in [0.25, 0.3) is 5.56 Å². The van der Waals surface area contributed by atoms with E-state index in [0.717, 1.165) is 11.8 Å². The first-order valence-corrected chi connectivity index (χ1v) is 12.7. The Kier molecular flexibility index (Phi) is 7.54. The second-order valence-corrected chi connectivity index (χ2v) is 10.9. The summed E-state index contributed by atoms with van der Waals surface area (Å²) in [6.07, 6.45) is 7.18. The largest absolute Gasteiger partial charge is 0.496 e. The Morgan fingerprint density at radius 3 is 2.33 bits per heavy atom. The van der Waals surface area contributed by atoms with Gasteiger partial charge in [-0.25, -0.2) is 13.2 Å². The molecule has 0 aliphatic heterocycles. The number of rotatable bonds is 7. The molecule has 3 N–H and O–H groups in total. The summed E-state index contributed by atoms with van der Waals surface area (Å²) in [5, 5.41) is 12.2. The molecule has 36 heavy (non-hydrogen) atoms. The lowest BCUT2D eigenvalue weighted by Gasteiger charge is -2.25. The Morgan fingerprint density at radius 1 is 1.06 bits per heavy atom. The fourth-order valence-electron chi connectivity index (χ4n) is 3.66. The lowest BCUT2D eigenvalue weighted by Crippen LogP contribution is -2.28. The molecule has 3 aromatic rings. The molecule has 0 bridgehead atoms. The van der Waals surface area contributed by atoms with Gasteiger partial charge in [-0.1, -0.05) is 44.1 Å². The predicted octanol–water partition coefficient (Wildman–Crippen LogP) is 3.18. The van der Waals surface area contributed by atoms with E-state index in [1.807, 2.05) is 26.8 Å². The molecule has 0 saturated heterocycles. The summed E-state index contributed by atoms with van der Waals surface area (Å²) in [6, 6.07) is 9.66. The highest BCUT2D eigenvalue weighted by Gasteiger charge is 2.22. The van der Waals surface area contributed by atoms with Gasteiger partial charge in [0.1, 0.15) is 5.75 Å². The molecular formula is C25H28N4O6S. The van der Waals surface area contributed by atoms with Crippen molar-refractivity contribution in [1.29, 1.82) is 0 Å². The van der Waals surface area contributed by atoms with Crippen LogP contribution in [0.3, 0.4) is 0 Å². The maximum absolute atomic E-state index is 12.5. The van der Waals surface area contributed by atoms with Crippen LogP contribution in [-0.2, 0) is 15.4 Å². The van der Waals surface area contributed by atoms with Crippen molar-refractivity contribution in [3.8, 4) is 11.4 Å². The molecule has 2 aromatic carbocycles. The molecule has 1 aromatic heterocycles. The Morgan fingerprint density at radius 2 is 1.75 bits per heavy atom. The number of methoxy groups -OCH3 is 1. The molecule has 1 heterocycles. The molecule has 0 aliphatic rings. The average molecular weight is 513 g/mol. The van der Waals surface area contributed by atoms with Gasteiger partial charge >= 0.3 is 5.69 Å². The van der Waals surface area contributed by atoms with Crippen molar-refractivity contribution in [2.75, 3.05) is 18.1 Å². The molecule has 0 radical (unpaired) electrons. The summed E-state index contributed by atoms with van der Waals surface area (Å²) in [5.41, 5.74) is 2.04. The first-order chi connectivity index (χ1) is 16.8. The molecule has 0 aliphatic carbocycles. The zero-order valence-electron chi connectivity index (χ0n) is 20.6. The lowest BCUT2D eigenvalue weighted by molar-refractivity contribution is 0.322. The van der Waals surface area contributed by atoms with E-state index in [0.29, 0.717) is 33.8 Å². The summed E-state index contributed by atoms with van der Waals surface area (Å²) < 4.78 is 32.6. The molecule has 0 amide bonds. The zero-order valence-corrected chi connectivity index (χ0v) is 21.4. The summed E-state index contributed by atoms with van der Waals surface area (Å²) in [6.45, 7) is 6.04. The van der Waals surface area contributed by atoms with Gasteiger partial charge in [0.05, 0.1) is 25.3 Å². The number of ether oxygens (including phenoxy) is 1. The summed E-state index contributed by atoms with van der Waals surface area (Å²) >= 11 is 0. The minimum atomic E-state index is -3.48. The molecule has 0 saturated carbocycles. The van der Waals surface area contributed by atoms with Gasteiger partial charge in [-0.3, -0.25) is 19.1 Å². The van der Waals surface area contributed by atoms with Crippen molar-refractivity contribution in [3.05, 3.63) is 85.7 Å². The van der Waals surface area contributed by atoms with Crippen LogP contribution in [0.15, 0.2) is 57.3 Å². The van der Waals surface area contributed by atoms with E-state index >= 15 is 0 Å². The number of aromatic amines is 1. The van der Waals surface area contributed by atoms with E-state index in [1.165, 1.54) is 29.1 Å². The van der Waals surface area contributed by atoms with Crippen molar-refractivity contribution >= 4 is 34.1 Å². The Labute approximate surface area is 208 Å². The van der Waals surface area contributed by atoms with Crippen LogP contribution in [0.4, 0.5) is 5.69 Å². The van der Waals surface area contributed by atoms with E-state index in [2.05, 4.69) is 14.9 Å². The van der Waals surface area contributed by atoms with Crippen LogP contribution in [-0.4, -0.2) is 42.8 Å². The summed E-state index contributed by atoms with van der Waals surface area (Å²) in [4.78, 5) is 26.3. The third-order valence-corrected chi connectivity index (χ3v) is 5.85. The minimum absolute atomic E-state index is 0.316. The number of aromatic nitrogens is 2. The third-order valence-electron chi connectivity index (χ3n) is 5.25. The highest BCUT2D eigenvalue weighted by Crippen LogP contribution is 2.37. The standard InChI is InChI=1S/C25H28N4O6S/c1-25(2,3)21-14-20(29-11-10-22(30)27-24(29)31)13-17(23(21)35-4)7-6-16-8-9-19(28-36(5,33)34)12-18(16)15-26-32/h6-15,28,32H,1-5H3,(H,27,30,31)/b7-6+,26-15?. The van der Waals surface area contributed by atoms with Crippen molar-refractivity contribution in [2.45, 2.75) is 26.2 Å². The highest BCUT2D eigenvalue weighted by molar-refractivity contribution is 7.92. The van der Waals surface area contributed by atoms with Crippen molar-refractivity contribution in [1.82, 2.24) is 9.55 Å².